The first kappa shape index (κ1) is 27.1. The predicted molar refractivity (Wildman–Crippen MR) is 154 cm³/mol. The van der Waals surface area contributed by atoms with Gasteiger partial charge in [0.2, 0.25) is 21.8 Å². The zero-order valence-electron chi connectivity index (χ0n) is 21.8. The topological polar surface area (TPSA) is 99.1 Å². The lowest BCUT2D eigenvalue weighted by Gasteiger charge is -2.33. The van der Waals surface area contributed by atoms with Crippen molar-refractivity contribution in [2.75, 3.05) is 19.4 Å². The molecule has 1 aliphatic carbocycles. The molecule has 0 bridgehead atoms. The maximum absolute atomic E-state index is 13.9. The molecule has 1 heterocycles. The lowest BCUT2D eigenvalue weighted by molar-refractivity contribution is -0.129. The number of nitrogens with zero attached hydrogens (tertiary/aromatic N) is 3. The summed E-state index contributed by atoms with van der Waals surface area (Å²) in [6.45, 7) is 0. The van der Waals surface area contributed by atoms with E-state index in [0.717, 1.165) is 29.1 Å². The van der Waals surface area contributed by atoms with Crippen LogP contribution in [-0.4, -0.2) is 54.0 Å². The van der Waals surface area contributed by atoms with E-state index in [-0.39, 0.29) is 29.2 Å². The number of carbonyl (C=O) groups excluding carboxylic acids is 2. The number of rotatable bonds is 7. The van der Waals surface area contributed by atoms with Gasteiger partial charge >= 0.3 is 0 Å². The van der Waals surface area contributed by atoms with Crippen molar-refractivity contribution in [3.05, 3.63) is 90.0 Å². The molecule has 0 aromatic heterocycles. The monoisotopic (exact) mass is 562 g/mol. The van der Waals surface area contributed by atoms with Gasteiger partial charge in [-0.05, 0) is 60.7 Å². The first-order valence-corrected chi connectivity index (χ1v) is 15.1. The summed E-state index contributed by atoms with van der Waals surface area (Å²) >= 11 is 1.25. The zero-order valence-corrected chi connectivity index (χ0v) is 23.4. The highest BCUT2D eigenvalue weighted by Crippen LogP contribution is 2.42. The molecule has 2 unspecified atom stereocenters. The van der Waals surface area contributed by atoms with E-state index in [1.807, 2.05) is 30.3 Å². The van der Waals surface area contributed by atoms with Crippen molar-refractivity contribution in [3.63, 3.8) is 0 Å². The van der Waals surface area contributed by atoms with Gasteiger partial charge in [0.15, 0.2) is 5.17 Å². The molecule has 10 heteroatoms. The van der Waals surface area contributed by atoms with Gasteiger partial charge in [0.25, 0.3) is 0 Å². The quantitative estimate of drug-likeness (QED) is 0.438. The number of anilines is 1. The third-order valence-electron chi connectivity index (χ3n) is 6.87. The first-order chi connectivity index (χ1) is 18.7. The van der Waals surface area contributed by atoms with E-state index in [4.69, 9.17) is 4.99 Å². The molecule has 202 valence electrons. The number of carbonyl (C=O) groups is 2. The Balaban J connectivity index is 1.49. The molecule has 2 amide bonds. The highest BCUT2D eigenvalue weighted by molar-refractivity contribution is 8.15. The number of aliphatic imine (C=N–C) groups is 1. The van der Waals surface area contributed by atoms with Crippen LogP contribution in [-0.2, 0) is 26.0 Å². The molecule has 2 aliphatic rings. The van der Waals surface area contributed by atoms with Crippen LogP contribution >= 0.6 is 11.8 Å². The number of hydrogen-bond acceptors (Lipinski definition) is 6. The molecule has 0 spiro atoms. The van der Waals surface area contributed by atoms with E-state index in [1.165, 1.54) is 43.6 Å². The van der Waals surface area contributed by atoms with Crippen molar-refractivity contribution >= 4 is 50.1 Å². The molecule has 39 heavy (non-hydrogen) atoms. The molecule has 1 N–H and O–H groups in total. The van der Waals surface area contributed by atoms with Crippen LogP contribution in [0.25, 0.3) is 0 Å². The van der Waals surface area contributed by atoms with Crippen LogP contribution in [0.15, 0.2) is 88.8 Å². The van der Waals surface area contributed by atoms with Crippen LogP contribution < -0.4 is 5.32 Å². The Labute approximate surface area is 233 Å². The second-order valence-corrected chi connectivity index (χ2v) is 13.0. The average Bonchev–Trinajstić information content (AvgIpc) is 3.22. The third-order valence-corrected chi connectivity index (χ3v) is 9.83. The molecule has 3 aromatic rings. The summed E-state index contributed by atoms with van der Waals surface area (Å²) in [5.74, 6) is -0.419. The summed E-state index contributed by atoms with van der Waals surface area (Å²) in [5.41, 5.74) is 3.39. The molecule has 0 radical (unpaired) electrons. The van der Waals surface area contributed by atoms with Crippen LogP contribution in [0.4, 0.5) is 11.4 Å². The Morgan fingerprint density at radius 3 is 2.56 bits per heavy atom. The summed E-state index contributed by atoms with van der Waals surface area (Å²) in [6, 6.07) is 23.4. The number of fused-ring (bicyclic) bond motifs is 1. The summed E-state index contributed by atoms with van der Waals surface area (Å²) in [6.07, 6.45) is 2.65. The zero-order chi connectivity index (χ0) is 27.6. The van der Waals surface area contributed by atoms with Crippen LogP contribution in [0.3, 0.4) is 0 Å². The Kier molecular flexibility index (Phi) is 7.88. The third kappa shape index (κ3) is 5.78. The smallest absolute Gasteiger partial charge is 0.243 e. The molecule has 1 fully saturated rings. The number of amidine groups is 1. The maximum Gasteiger partial charge on any atom is 0.243 e. The van der Waals surface area contributed by atoms with Crippen molar-refractivity contribution in [2.24, 2.45) is 4.99 Å². The lowest BCUT2D eigenvalue weighted by atomic mass is 9.87. The minimum absolute atomic E-state index is 0.00265. The highest BCUT2D eigenvalue weighted by atomic mass is 32.2. The van der Waals surface area contributed by atoms with Gasteiger partial charge in [0.05, 0.1) is 16.6 Å². The average molecular weight is 563 g/mol. The van der Waals surface area contributed by atoms with E-state index in [9.17, 15) is 18.0 Å². The number of nitrogens with one attached hydrogen (secondary N) is 1. The fourth-order valence-electron chi connectivity index (χ4n) is 4.91. The number of para-hydroxylation sites is 1. The van der Waals surface area contributed by atoms with Gasteiger partial charge in [-0.3, -0.25) is 14.5 Å². The number of sulfonamides is 1. The Hall–Kier alpha value is -3.47. The molecule has 2 atom stereocenters. The SMILES string of the molecule is CN(C)S(=O)(=O)c1cccc(N=C2SC(CC(=O)Nc3ccccc3)C(=O)N2C2CCCc3ccccc32)c1. The lowest BCUT2D eigenvalue weighted by Crippen LogP contribution is -2.38. The maximum atomic E-state index is 13.9. The molecule has 1 aliphatic heterocycles. The van der Waals surface area contributed by atoms with E-state index >= 15 is 0 Å². The molecule has 1 saturated heterocycles. The van der Waals surface area contributed by atoms with Gasteiger partial charge in [0, 0.05) is 26.2 Å². The van der Waals surface area contributed by atoms with Crippen molar-refractivity contribution in [1.29, 1.82) is 0 Å². The van der Waals surface area contributed by atoms with Crippen LogP contribution in [0.1, 0.15) is 36.4 Å². The summed E-state index contributed by atoms with van der Waals surface area (Å²) in [5, 5.41) is 2.69. The largest absolute Gasteiger partial charge is 0.326 e. The fraction of sp³-hybridized carbons (Fsp3) is 0.276. The molecular weight excluding hydrogens is 532 g/mol. The fourth-order valence-corrected chi connectivity index (χ4v) is 7.05. The van der Waals surface area contributed by atoms with Crippen molar-refractivity contribution in [3.8, 4) is 0 Å². The van der Waals surface area contributed by atoms with Gasteiger partial charge in [-0.15, -0.1) is 0 Å². The number of amides is 2. The standard InChI is InChI=1S/C29H30N4O4S2/c1-32(2)39(36,37)23-15-9-14-22(18-23)31-29-33(25-17-8-11-20-10-6-7-16-24(20)25)28(35)26(38-29)19-27(34)30-21-12-4-3-5-13-21/h3-7,9-10,12-16,18,25-26H,8,11,17,19H2,1-2H3,(H,30,34). The number of aryl methyl sites for hydroxylation is 1. The van der Waals surface area contributed by atoms with Crippen molar-refractivity contribution < 1.29 is 18.0 Å². The van der Waals surface area contributed by atoms with E-state index in [1.54, 1.807) is 29.2 Å². The molecular formula is C29H30N4O4S2. The highest BCUT2D eigenvalue weighted by Gasteiger charge is 2.44. The second kappa shape index (κ2) is 11.3. The Morgan fingerprint density at radius 2 is 1.79 bits per heavy atom. The summed E-state index contributed by atoms with van der Waals surface area (Å²) in [4.78, 5) is 33.4. The molecule has 0 saturated carbocycles. The normalized spacial score (nSPS) is 20.3. The van der Waals surface area contributed by atoms with Gasteiger partial charge in [-0.2, -0.15) is 0 Å². The number of benzene rings is 3. The van der Waals surface area contributed by atoms with E-state index < -0.39 is 15.3 Å². The van der Waals surface area contributed by atoms with E-state index in [2.05, 4.69) is 17.4 Å². The predicted octanol–water partition coefficient (Wildman–Crippen LogP) is 4.97. The van der Waals surface area contributed by atoms with Crippen molar-refractivity contribution in [2.45, 2.75) is 41.9 Å². The minimum Gasteiger partial charge on any atom is -0.326 e. The summed E-state index contributed by atoms with van der Waals surface area (Å²) in [7, 11) is -0.693. The van der Waals surface area contributed by atoms with Crippen LogP contribution in [0, 0.1) is 0 Å². The number of thioether (sulfide) groups is 1. The van der Waals surface area contributed by atoms with Gasteiger partial charge in [0.1, 0.15) is 5.25 Å². The Bertz CT molecular complexity index is 1520. The van der Waals surface area contributed by atoms with Gasteiger partial charge in [-0.1, -0.05) is 60.3 Å². The molecule has 3 aromatic carbocycles. The minimum atomic E-state index is -3.65. The molecule has 5 rings (SSSR count). The van der Waals surface area contributed by atoms with Crippen LogP contribution in [0.2, 0.25) is 0 Å². The van der Waals surface area contributed by atoms with Crippen LogP contribution in [0.5, 0.6) is 0 Å². The summed E-state index contributed by atoms with van der Waals surface area (Å²) < 4.78 is 26.6. The van der Waals surface area contributed by atoms with E-state index in [0.29, 0.717) is 16.5 Å². The van der Waals surface area contributed by atoms with Gasteiger partial charge < -0.3 is 5.32 Å². The second-order valence-electron chi connectivity index (χ2n) is 9.72. The number of hydrogen-bond donors (Lipinski definition) is 1. The van der Waals surface area contributed by atoms with Crippen molar-refractivity contribution in [1.82, 2.24) is 9.21 Å². The van der Waals surface area contributed by atoms with Gasteiger partial charge in [-0.25, -0.2) is 17.7 Å². The first-order valence-electron chi connectivity index (χ1n) is 12.8. The molecule has 8 nitrogen and oxygen atoms in total. The Morgan fingerprint density at radius 1 is 1.05 bits per heavy atom.